The molecule has 0 aliphatic carbocycles. The molecule has 1 N–H and O–H groups in total. The summed E-state index contributed by atoms with van der Waals surface area (Å²) in [6.07, 6.45) is 7.64. The van der Waals surface area contributed by atoms with Crippen molar-refractivity contribution in [3.05, 3.63) is 42.0 Å². The van der Waals surface area contributed by atoms with E-state index in [1.165, 1.54) is 5.56 Å². The highest BCUT2D eigenvalue weighted by Gasteiger charge is 1.99. The van der Waals surface area contributed by atoms with Crippen molar-refractivity contribution in [1.82, 2.24) is 20.1 Å². The summed E-state index contributed by atoms with van der Waals surface area (Å²) >= 11 is 0. The van der Waals surface area contributed by atoms with Crippen molar-refractivity contribution in [1.29, 1.82) is 0 Å². The first kappa shape index (κ1) is 14.5. The number of rotatable bonds is 8. The minimum Gasteiger partial charge on any atom is -0.492 e. The molecule has 0 atom stereocenters. The summed E-state index contributed by atoms with van der Waals surface area (Å²) < 4.78 is 7.48. The minimum absolute atomic E-state index is 0.640. The maximum Gasteiger partial charge on any atom is 0.137 e. The van der Waals surface area contributed by atoms with Gasteiger partial charge in [0.1, 0.15) is 5.75 Å². The van der Waals surface area contributed by atoms with Crippen molar-refractivity contribution in [2.75, 3.05) is 13.2 Å². The highest BCUT2D eigenvalue weighted by atomic mass is 16.5. The summed E-state index contributed by atoms with van der Waals surface area (Å²) in [7, 11) is 1.92. The second-order valence-corrected chi connectivity index (χ2v) is 4.78. The number of nitrogens with zero attached hydrogens (tertiary/aromatic N) is 3. The number of pyridine rings is 1. The second-order valence-electron chi connectivity index (χ2n) is 4.78. The van der Waals surface area contributed by atoms with Gasteiger partial charge in [-0.1, -0.05) is 6.92 Å². The van der Waals surface area contributed by atoms with Crippen LogP contribution < -0.4 is 10.1 Å². The molecule has 0 fully saturated rings. The van der Waals surface area contributed by atoms with E-state index in [9.17, 15) is 0 Å². The van der Waals surface area contributed by atoms with E-state index in [4.69, 9.17) is 4.74 Å². The van der Waals surface area contributed by atoms with Crippen LogP contribution in [0.15, 0.2) is 30.7 Å². The van der Waals surface area contributed by atoms with Crippen LogP contribution in [-0.2, 0) is 20.0 Å². The molecule has 0 aliphatic heterocycles. The zero-order valence-corrected chi connectivity index (χ0v) is 12.2. The molecule has 2 rings (SSSR count). The molecule has 2 aromatic rings. The van der Waals surface area contributed by atoms with Gasteiger partial charge in [-0.2, -0.15) is 5.10 Å². The molecular weight excluding hydrogens is 252 g/mol. The molecule has 2 aromatic heterocycles. The van der Waals surface area contributed by atoms with Gasteiger partial charge in [0.25, 0.3) is 0 Å². The number of aryl methyl sites for hydroxylation is 1. The molecule has 108 valence electrons. The van der Waals surface area contributed by atoms with E-state index in [2.05, 4.69) is 22.3 Å². The standard InChI is InChI=1S/C15H22N4O/c1-3-7-16-10-14-4-5-15(11-17-14)20-8-6-13-9-18-19(2)12-13/h4-5,9,11-12,16H,3,6-8,10H2,1-2H3. The van der Waals surface area contributed by atoms with Gasteiger partial charge >= 0.3 is 0 Å². The molecule has 2 heterocycles. The largest absolute Gasteiger partial charge is 0.492 e. The summed E-state index contributed by atoms with van der Waals surface area (Å²) in [5, 5.41) is 7.46. The van der Waals surface area contributed by atoms with Crippen molar-refractivity contribution in [2.24, 2.45) is 7.05 Å². The Labute approximate surface area is 120 Å². The van der Waals surface area contributed by atoms with Crippen molar-refractivity contribution in [2.45, 2.75) is 26.3 Å². The van der Waals surface area contributed by atoms with Crippen LogP contribution in [0.4, 0.5) is 0 Å². The molecule has 0 spiro atoms. The smallest absolute Gasteiger partial charge is 0.137 e. The average molecular weight is 274 g/mol. The first-order valence-corrected chi connectivity index (χ1v) is 7.04. The van der Waals surface area contributed by atoms with E-state index in [0.717, 1.165) is 37.4 Å². The zero-order valence-electron chi connectivity index (χ0n) is 12.2. The molecule has 0 bridgehead atoms. The summed E-state index contributed by atoms with van der Waals surface area (Å²) in [6, 6.07) is 3.97. The van der Waals surface area contributed by atoms with Gasteiger partial charge in [-0.25, -0.2) is 0 Å². The Morgan fingerprint density at radius 3 is 2.85 bits per heavy atom. The molecule has 0 saturated carbocycles. The van der Waals surface area contributed by atoms with E-state index >= 15 is 0 Å². The van der Waals surface area contributed by atoms with Gasteiger partial charge in [0.15, 0.2) is 0 Å². The van der Waals surface area contributed by atoms with Crippen LogP contribution >= 0.6 is 0 Å². The Morgan fingerprint density at radius 1 is 1.30 bits per heavy atom. The van der Waals surface area contributed by atoms with Gasteiger partial charge in [-0.3, -0.25) is 9.67 Å². The monoisotopic (exact) mass is 274 g/mol. The van der Waals surface area contributed by atoms with Gasteiger partial charge in [0.05, 0.1) is 24.7 Å². The number of hydrogen-bond acceptors (Lipinski definition) is 4. The van der Waals surface area contributed by atoms with Crippen molar-refractivity contribution in [3.63, 3.8) is 0 Å². The molecular formula is C15H22N4O. The van der Waals surface area contributed by atoms with Gasteiger partial charge < -0.3 is 10.1 Å². The average Bonchev–Trinajstić information content (AvgIpc) is 2.87. The molecule has 0 saturated heterocycles. The SMILES string of the molecule is CCCNCc1ccc(OCCc2cnn(C)c2)cn1. The van der Waals surface area contributed by atoms with Crippen molar-refractivity contribution >= 4 is 0 Å². The van der Waals surface area contributed by atoms with Crippen LogP contribution in [0.1, 0.15) is 24.6 Å². The first-order chi connectivity index (χ1) is 9.78. The Balaban J connectivity index is 1.73. The van der Waals surface area contributed by atoms with Crippen LogP contribution in [-0.4, -0.2) is 27.9 Å². The van der Waals surface area contributed by atoms with E-state index in [1.807, 2.05) is 31.6 Å². The zero-order chi connectivity index (χ0) is 14.2. The molecule has 0 amide bonds. The highest BCUT2D eigenvalue weighted by molar-refractivity contribution is 5.20. The van der Waals surface area contributed by atoms with E-state index < -0.39 is 0 Å². The summed E-state index contributed by atoms with van der Waals surface area (Å²) in [4.78, 5) is 4.38. The van der Waals surface area contributed by atoms with Gasteiger partial charge in [0.2, 0.25) is 0 Å². The highest BCUT2D eigenvalue weighted by Crippen LogP contribution is 2.10. The van der Waals surface area contributed by atoms with Crippen LogP contribution in [0.2, 0.25) is 0 Å². The predicted octanol–water partition coefficient (Wildman–Crippen LogP) is 1.94. The summed E-state index contributed by atoms with van der Waals surface area (Å²) in [6.45, 7) is 4.62. The Morgan fingerprint density at radius 2 is 2.20 bits per heavy atom. The maximum atomic E-state index is 5.68. The third kappa shape index (κ3) is 4.66. The van der Waals surface area contributed by atoms with Crippen LogP contribution in [0, 0.1) is 0 Å². The number of hydrogen-bond donors (Lipinski definition) is 1. The topological polar surface area (TPSA) is 52.0 Å². The van der Waals surface area contributed by atoms with Crippen molar-refractivity contribution in [3.8, 4) is 5.75 Å². The third-order valence-corrected chi connectivity index (χ3v) is 2.95. The Bertz CT molecular complexity index is 507. The van der Waals surface area contributed by atoms with Crippen LogP contribution in [0.25, 0.3) is 0 Å². The number of ether oxygens (including phenoxy) is 1. The van der Waals surface area contributed by atoms with Gasteiger partial charge in [-0.05, 0) is 30.7 Å². The second kappa shape index (κ2) is 7.65. The normalized spacial score (nSPS) is 10.7. The fourth-order valence-electron chi connectivity index (χ4n) is 1.88. The Hall–Kier alpha value is -1.88. The molecule has 0 aromatic carbocycles. The van der Waals surface area contributed by atoms with Gasteiger partial charge in [-0.15, -0.1) is 0 Å². The lowest BCUT2D eigenvalue weighted by Crippen LogP contribution is -2.14. The maximum absolute atomic E-state index is 5.68. The Kier molecular flexibility index (Phi) is 5.55. The number of aromatic nitrogens is 3. The third-order valence-electron chi connectivity index (χ3n) is 2.95. The quantitative estimate of drug-likeness (QED) is 0.747. The van der Waals surface area contributed by atoms with E-state index in [0.29, 0.717) is 6.61 Å². The van der Waals surface area contributed by atoms with Crippen LogP contribution in [0.5, 0.6) is 5.75 Å². The lowest BCUT2D eigenvalue weighted by molar-refractivity contribution is 0.320. The predicted molar refractivity (Wildman–Crippen MR) is 78.6 cm³/mol. The van der Waals surface area contributed by atoms with Crippen molar-refractivity contribution < 1.29 is 4.74 Å². The van der Waals surface area contributed by atoms with Gasteiger partial charge in [0, 0.05) is 26.2 Å². The van der Waals surface area contributed by atoms with E-state index in [1.54, 1.807) is 10.9 Å². The van der Waals surface area contributed by atoms with Crippen LogP contribution in [0.3, 0.4) is 0 Å². The molecule has 20 heavy (non-hydrogen) atoms. The molecule has 0 aliphatic rings. The lowest BCUT2D eigenvalue weighted by Gasteiger charge is -2.06. The summed E-state index contributed by atoms with van der Waals surface area (Å²) in [5.74, 6) is 0.813. The summed E-state index contributed by atoms with van der Waals surface area (Å²) in [5.41, 5.74) is 2.22. The molecule has 0 radical (unpaired) electrons. The molecule has 5 heteroatoms. The fourth-order valence-corrected chi connectivity index (χ4v) is 1.88. The first-order valence-electron chi connectivity index (χ1n) is 7.04. The number of nitrogens with one attached hydrogen (secondary N) is 1. The van der Waals surface area contributed by atoms with E-state index in [-0.39, 0.29) is 0 Å². The lowest BCUT2D eigenvalue weighted by atomic mass is 10.3. The molecule has 5 nitrogen and oxygen atoms in total. The fraction of sp³-hybridized carbons (Fsp3) is 0.467. The minimum atomic E-state index is 0.640. The molecule has 0 unspecified atom stereocenters.